The zero-order valence-electron chi connectivity index (χ0n) is 51.3. The SMILES string of the molecule is CC/C=C\C/C=C\C/C=C\C/C=C\C/C=C\C/C=C\C/C=C\C/C=C\C/C=C\C/C=C\CCCCCCC(=O)OCC(COC(=O)CCCCCCCCCC)OC(=O)CCCCCCCC/C=C\C/C=C\C/C=C\C/C=C\CC. The second kappa shape index (κ2) is 66.3. The van der Waals surface area contributed by atoms with Gasteiger partial charge in [0.15, 0.2) is 6.10 Å². The van der Waals surface area contributed by atoms with Crippen LogP contribution in [0.4, 0.5) is 0 Å². The van der Waals surface area contributed by atoms with Gasteiger partial charge in [-0.1, -0.05) is 274 Å². The molecule has 448 valence electrons. The normalized spacial score (nSPS) is 13.3. The lowest BCUT2D eigenvalue weighted by Gasteiger charge is -2.18. The van der Waals surface area contributed by atoms with Crippen LogP contribution in [0.3, 0.4) is 0 Å². The molecular weight excluding hydrogens is 985 g/mol. The van der Waals surface area contributed by atoms with Gasteiger partial charge in [-0.2, -0.15) is 0 Å². The second-order valence-electron chi connectivity index (χ2n) is 20.6. The number of ether oxygens (including phenoxy) is 3. The van der Waals surface area contributed by atoms with E-state index in [4.69, 9.17) is 14.2 Å². The molecule has 0 aliphatic heterocycles. The van der Waals surface area contributed by atoms with Gasteiger partial charge in [-0.25, -0.2) is 0 Å². The number of esters is 3. The van der Waals surface area contributed by atoms with Crippen LogP contribution in [0.25, 0.3) is 0 Å². The van der Waals surface area contributed by atoms with Gasteiger partial charge in [0.1, 0.15) is 13.2 Å². The average molecular weight is 1100 g/mol. The van der Waals surface area contributed by atoms with Crippen LogP contribution in [0.2, 0.25) is 0 Å². The van der Waals surface area contributed by atoms with E-state index < -0.39 is 6.10 Å². The third kappa shape index (κ3) is 63.6. The van der Waals surface area contributed by atoms with Crippen molar-refractivity contribution in [2.75, 3.05) is 13.2 Å². The molecule has 0 aromatic carbocycles. The summed E-state index contributed by atoms with van der Waals surface area (Å²) in [7, 11) is 0. The van der Waals surface area contributed by atoms with Crippen molar-refractivity contribution in [3.05, 3.63) is 170 Å². The van der Waals surface area contributed by atoms with E-state index in [0.29, 0.717) is 19.3 Å². The molecule has 0 saturated heterocycles. The third-order valence-electron chi connectivity index (χ3n) is 13.0. The van der Waals surface area contributed by atoms with Crippen molar-refractivity contribution in [3.63, 3.8) is 0 Å². The van der Waals surface area contributed by atoms with Crippen molar-refractivity contribution >= 4 is 17.9 Å². The highest BCUT2D eigenvalue weighted by Crippen LogP contribution is 2.14. The molecule has 0 aliphatic rings. The molecule has 0 N–H and O–H groups in total. The van der Waals surface area contributed by atoms with Crippen LogP contribution in [0, 0.1) is 0 Å². The number of unbranched alkanes of at least 4 members (excludes halogenated alkanes) is 17. The first kappa shape index (κ1) is 74.8. The molecule has 1 atom stereocenters. The first-order chi connectivity index (χ1) is 39.5. The minimum Gasteiger partial charge on any atom is -0.462 e. The maximum Gasteiger partial charge on any atom is 0.306 e. The Hall–Kier alpha value is -5.23. The third-order valence-corrected chi connectivity index (χ3v) is 13.0. The Balaban J connectivity index is 4.27. The topological polar surface area (TPSA) is 78.9 Å². The molecule has 80 heavy (non-hydrogen) atoms. The smallest absolute Gasteiger partial charge is 0.306 e. The van der Waals surface area contributed by atoms with E-state index in [0.717, 1.165) is 173 Å². The van der Waals surface area contributed by atoms with Crippen LogP contribution in [0.5, 0.6) is 0 Å². The van der Waals surface area contributed by atoms with E-state index in [1.54, 1.807) is 0 Å². The van der Waals surface area contributed by atoms with E-state index in [1.165, 1.54) is 44.9 Å². The van der Waals surface area contributed by atoms with Gasteiger partial charge in [-0.05, 0) is 135 Å². The highest BCUT2D eigenvalue weighted by Gasteiger charge is 2.19. The van der Waals surface area contributed by atoms with Crippen LogP contribution < -0.4 is 0 Å². The quantitative estimate of drug-likeness (QED) is 0.0261. The van der Waals surface area contributed by atoms with Crippen LogP contribution >= 0.6 is 0 Å². The van der Waals surface area contributed by atoms with Gasteiger partial charge in [0.2, 0.25) is 0 Å². The Kier molecular flexibility index (Phi) is 61.9. The summed E-state index contributed by atoms with van der Waals surface area (Å²) in [5, 5.41) is 0. The predicted molar refractivity (Wildman–Crippen MR) is 348 cm³/mol. The summed E-state index contributed by atoms with van der Waals surface area (Å²) < 4.78 is 16.8. The summed E-state index contributed by atoms with van der Waals surface area (Å²) >= 11 is 0. The summed E-state index contributed by atoms with van der Waals surface area (Å²) in [6, 6.07) is 0. The van der Waals surface area contributed by atoms with E-state index in [2.05, 4.69) is 191 Å². The fourth-order valence-corrected chi connectivity index (χ4v) is 8.23. The molecule has 0 fully saturated rings. The van der Waals surface area contributed by atoms with Crippen molar-refractivity contribution in [1.82, 2.24) is 0 Å². The van der Waals surface area contributed by atoms with Crippen LogP contribution in [0.15, 0.2) is 170 Å². The molecule has 6 nitrogen and oxygen atoms in total. The Morgan fingerprint density at radius 1 is 0.263 bits per heavy atom. The molecular formula is C74H116O6. The Labute approximate surface area is 492 Å². The van der Waals surface area contributed by atoms with Crippen molar-refractivity contribution in [2.45, 2.75) is 264 Å². The highest BCUT2D eigenvalue weighted by atomic mass is 16.6. The molecule has 0 aromatic heterocycles. The minimum absolute atomic E-state index is 0.0976. The molecule has 0 rings (SSSR count). The van der Waals surface area contributed by atoms with Gasteiger partial charge in [-0.3, -0.25) is 14.4 Å². The lowest BCUT2D eigenvalue weighted by molar-refractivity contribution is -0.167. The van der Waals surface area contributed by atoms with E-state index in [9.17, 15) is 14.4 Å². The summed E-state index contributed by atoms with van der Waals surface area (Å²) in [5.74, 6) is -0.948. The molecule has 0 radical (unpaired) electrons. The van der Waals surface area contributed by atoms with Gasteiger partial charge in [-0.15, -0.1) is 0 Å². The van der Waals surface area contributed by atoms with Crippen LogP contribution in [-0.4, -0.2) is 37.2 Å². The molecule has 0 spiro atoms. The van der Waals surface area contributed by atoms with Crippen molar-refractivity contribution in [2.24, 2.45) is 0 Å². The van der Waals surface area contributed by atoms with Gasteiger partial charge in [0.05, 0.1) is 0 Å². The maximum absolute atomic E-state index is 12.9. The fraction of sp³-hybridized carbons (Fsp3) is 0.581. The zero-order chi connectivity index (χ0) is 57.8. The molecule has 0 aromatic rings. The van der Waals surface area contributed by atoms with Crippen molar-refractivity contribution in [1.29, 1.82) is 0 Å². The van der Waals surface area contributed by atoms with E-state index >= 15 is 0 Å². The summed E-state index contributed by atoms with van der Waals surface area (Å²) in [6.45, 7) is 6.34. The molecule has 1 unspecified atom stereocenters. The second-order valence-corrected chi connectivity index (χ2v) is 20.6. The molecule has 6 heteroatoms. The first-order valence-electron chi connectivity index (χ1n) is 32.1. The number of rotatable bonds is 56. The Morgan fingerprint density at radius 2 is 0.487 bits per heavy atom. The van der Waals surface area contributed by atoms with Gasteiger partial charge < -0.3 is 14.2 Å². The van der Waals surface area contributed by atoms with Gasteiger partial charge in [0.25, 0.3) is 0 Å². The number of allylic oxidation sites excluding steroid dienone is 28. The van der Waals surface area contributed by atoms with Crippen LogP contribution in [-0.2, 0) is 28.6 Å². The summed E-state index contributed by atoms with van der Waals surface area (Å²) in [4.78, 5) is 38.1. The summed E-state index contributed by atoms with van der Waals surface area (Å²) in [6.07, 6.45) is 98.0. The largest absolute Gasteiger partial charge is 0.462 e. The van der Waals surface area contributed by atoms with E-state index in [-0.39, 0.29) is 31.1 Å². The molecule has 0 saturated carbocycles. The average Bonchev–Trinajstić information content (AvgIpc) is 3.46. The molecule has 0 heterocycles. The molecule has 0 amide bonds. The van der Waals surface area contributed by atoms with E-state index in [1.807, 2.05) is 0 Å². The summed E-state index contributed by atoms with van der Waals surface area (Å²) in [5.41, 5.74) is 0. The standard InChI is InChI=1S/C74H116O6/c1-4-7-10-13-16-19-21-23-25-27-29-30-31-32-33-34-35-36-37-38-39-40-41-42-43-44-46-47-49-51-53-55-58-61-64-67-73(76)79-70-71(69-78-72(75)66-63-60-57-18-15-12-9-6-3)80-74(77)68-65-62-59-56-54-52-50-48-45-28-26-24-22-20-17-14-11-8-5-2/h7-8,10-11,16-17,19-20,23-26,29-30,32-33,35-36,38-39,41-42,44-46,48-49,51,71H,4-6,9,12-15,18,21-22,27-28,31,34,37,40,43,47,50,52-70H2,1-3H3/b10-7-,11-8-,19-16-,20-17-,25-23-,26-24-,30-29-,33-32-,36-35-,39-38-,42-41-,46-44-,48-45-,51-49-. The minimum atomic E-state index is -0.802. The lowest BCUT2D eigenvalue weighted by Crippen LogP contribution is -2.30. The van der Waals surface area contributed by atoms with Crippen molar-refractivity contribution < 1.29 is 28.6 Å². The lowest BCUT2D eigenvalue weighted by atomic mass is 10.1. The van der Waals surface area contributed by atoms with Crippen LogP contribution in [0.1, 0.15) is 258 Å². The van der Waals surface area contributed by atoms with Gasteiger partial charge >= 0.3 is 17.9 Å². The molecule has 0 bridgehead atoms. The predicted octanol–water partition coefficient (Wildman–Crippen LogP) is 22.3. The van der Waals surface area contributed by atoms with Crippen molar-refractivity contribution in [3.8, 4) is 0 Å². The van der Waals surface area contributed by atoms with Gasteiger partial charge in [0, 0.05) is 19.3 Å². The molecule has 0 aliphatic carbocycles. The number of carbonyl (C=O) groups is 3. The zero-order valence-corrected chi connectivity index (χ0v) is 51.3. The monoisotopic (exact) mass is 1100 g/mol. The Morgan fingerprint density at radius 3 is 0.762 bits per heavy atom. The fourth-order valence-electron chi connectivity index (χ4n) is 8.23. The maximum atomic E-state index is 12.9. The first-order valence-corrected chi connectivity index (χ1v) is 32.1. The Bertz CT molecular complexity index is 1840. The number of hydrogen-bond donors (Lipinski definition) is 0. The number of hydrogen-bond acceptors (Lipinski definition) is 6. The number of carbonyl (C=O) groups excluding carboxylic acids is 3. The highest BCUT2D eigenvalue weighted by molar-refractivity contribution is 5.71.